The van der Waals surface area contributed by atoms with Gasteiger partial charge in [-0.3, -0.25) is 0 Å². The summed E-state index contributed by atoms with van der Waals surface area (Å²) in [6.07, 6.45) is 2.00. The lowest BCUT2D eigenvalue weighted by atomic mass is 10.1. The number of benzene rings is 1. The molecule has 2 nitrogen and oxygen atoms in total. The molecule has 0 saturated carbocycles. The first-order chi connectivity index (χ1) is 7.20. The van der Waals surface area contributed by atoms with Crippen molar-refractivity contribution in [1.29, 1.82) is 0 Å². The predicted molar refractivity (Wildman–Crippen MR) is 58.7 cm³/mol. The lowest BCUT2D eigenvalue weighted by Crippen LogP contribution is -2.01. The summed E-state index contributed by atoms with van der Waals surface area (Å²) in [7, 11) is 1.95. The van der Waals surface area contributed by atoms with E-state index in [1.165, 1.54) is 12.1 Å². The minimum atomic E-state index is -0.214. The number of nitrogens with two attached hydrogens (primary N) is 1. The van der Waals surface area contributed by atoms with Crippen LogP contribution in [0.25, 0.3) is 11.1 Å². The maximum atomic E-state index is 12.7. The van der Waals surface area contributed by atoms with Gasteiger partial charge in [-0.05, 0) is 29.3 Å². The Hall–Kier alpha value is -1.61. The van der Waals surface area contributed by atoms with Crippen molar-refractivity contribution < 1.29 is 4.39 Å². The van der Waals surface area contributed by atoms with Crippen molar-refractivity contribution in [1.82, 2.24) is 4.57 Å². The Morgan fingerprint density at radius 1 is 1.20 bits per heavy atom. The minimum absolute atomic E-state index is 0.214. The van der Waals surface area contributed by atoms with Crippen LogP contribution in [-0.4, -0.2) is 4.57 Å². The molecule has 1 aromatic heterocycles. The van der Waals surface area contributed by atoms with Crippen molar-refractivity contribution in [2.75, 3.05) is 0 Å². The lowest BCUT2D eigenvalue weighted by molar-refractivity contribution is 0.628. The standard InChI is InChI=1S/C12H13FN2/c1-15-8-10(6-12(15)7-14)9-2-4-11(13)5-3-9/h2-6,8H,7,14H2,1H3. The van der Waals surface area contributed by atoms with Gasteiger partial charge in [0.05, 0.1) is 0 Å². The zero-order valence-corrected chi connectivity index (χ0v) is 8.57. The van der Waals surface area contributed by atoms with Crippen molar-refractivity contribution in [3.05, 3.63) is 48.0 Å². The van der Waals surface area contributed by atoms with Gasteiger partial charge in [0.15, 0.2) is 0 Å². The molecule has 0 atom stereocenters. The minimum Gasteiger partial charge on any atom is -0.353 e. The summed E-state index contributed by atoms with van der Waals surface area (Å²) in [6, 6.07) is 8.48. The van der Waals surface area contributed by atoms with Crippen LogP contribution in [0.5, 0.6) is 0 Å². The maximum absolute atomic E-state index is 12.7. The predicted octanol–water partition coefficient (Wildman–Crippen LogP) is 2.29. The Labute approximate surface area is 88.1 Å². The zero-order chi connectivity index (χ0) is 10.8. The lowest BCUT2D eigenvalue weighted by Gasteiger charge is -1.96. The van der Waals surface area contributed by atoms with E-state index in [0.717, 1.165) is 16.8 Å². The van der Waals surface area contributed by atoms with E-state index in [2.05, 4.69) is 0 Å². The van der Waals surface area contributed by atoms with Crippen LogP contribution < -0.4 is 5.73 Å². The largest absolute Gasteiger partial charge is 0.353 e. The molecular formula is C12H13FN2. The molecule has 0 amide bonds. The molecule has 15 heavy (non-hydrogen) atoms. The normalized spacial score (nSPS) is 10.6. The number of aryl methyl sites for hydroxylation is 1. The van der Waals surface area contributed by atoms with Crippen molar-refractivity contribution in [2.24, 2.45) is 12.8 Å². The topological polar surface area (TPSA) is 30.9 Å². The third-order valence-corrected chi connectivity index (χ3v) is 2.49. The highest BCUT2D eigenvalue weighted by Crippen LogP contribution is 2.21. The molecule has 1 heterocycles. The molecule has 0 aliphatic rings. The fourth-order valence-electron chi connectivity index (χ4n) is 1.61. The van der Waals surface area contributed by atoms with Gasteiger partial charge in [0.2, 0.25) is 0 Å². The SMILES string of the molecule is Cn1cc(-c2ccc(F)cc2)cc1CN. The van der Waals surface area contributed by atoms with Gasteiger partial charge in [-0.1, -0.05) is 12.1 Å². The van der Waals surface area contributed by atoms with E-state index in [-0.39, 0.29) is 5.82 Å². The first-order valence-electron chi connectivity index (χ1n) is 4.82. The van der Waals surface area contributed by atoms with Gasteiger partial charge in [0.25, 0.3) is 0 Å². The molecule has 0 unspecified atom stereocenters. The molecule has 78 valence electrons. The van der Waals surface area contributed by atoms with Crippen molar-refractivity contribution >= 4 is 0 Å². The Kier molecular flexibility index (Phi) is 2.56. The third-order valence-electron chi connectivity index (χ3n) is 2.49. The first kappa shape index (κ1) is 9.93. The molecule has 0 aliphatic carbocycles. The third kappa shape index (κ3) is 1.92. The molecule has 0 fully saturated rings. The molecule has 2 rings (SSSR count). The van der Waals surface area contributed by atoms with E-state index in [1.54, 1.807) is 12.1 Å². The van der Waals surface area contributed by atoms with Gasteiger partial charge in [0, 0.05) is 25.5 Å². The van der Waals surface area contributed by atoms with Crippen molar-refractivity contribution in [3.8, 4) is 11.1 Å². The highest BCUT2D eigenvalue weighted by atomic mass is 19.1. The second-order valence-electron chi connectivity index (χ2n) is 3.54. The van der Waals surface area contributed by atoms with Crippen LogP contribution >= 0.6 is 0 Å². The maximum Gasteiger partial charge on any atom is 0.123 e. The van der Waals surface area contributed by atoms with E-state index in [0.29, 0.717) is 6.54 Å². The van der Waals surface area contributed by atoms with Crippen LogP contribution in [0.2, 0.25) is 0 Å². The molecule has 2 aromatic rings. The van der Waals surface area contributed by atoms with E-state index < -0.39 is 0 Å². The second-order valence-corrected chi connectivity index (χ2v) is 3.54. The summed E-state index contributed by atoms with van der Waals surface area (Å²) >= 11 is 0. The summed E-state index contributed by atoms with van der Waals surface area (Å²) < 4.78 is 14.7. The van der Waals surface area contributed by atoms with Gasteiger partial charge in [-0.15, -0.1) is 0 Å². The van der Waals surface area contributed by atoms with Crippen molar-refractivity contribution in [3.63, 3.8) is 0 Å². The summed E-state index contributed by atoms with van der Waals surface area (Å²) in [5.74, 6) is -0.214. The number of halogens is 1. The van der Waals surface area contributed by atoms with Gasteiger partial charge in [-0.2, -0.15) is 0 Å². The van der Waals surface area contributed by atoms with E-state index in [9.17, 15) is 4.39 Å². The fourth-order valence-corrected chi connectivity index (χ4v) is 1.61. The van der Waals surface area contributed by atoms with Crippen LogP contribution in [0.3, 0.4) is 0 Å². The van der Waals surface area contributed by atoms with Crippen LogP contribution in [0.1, 0.15) is 5.69 Å². The van der Waals surface area contributed by atoms with E-state index in [1.807, 2.05) is 23.9 Å². The Balaban J connectivity index is 2.41. The molecule has 0 saturated heterocycles. The highest BCUT2D eigenvalue weighted by molar-refractivity contribution is 5.63. The van der Waals surface area contributed by atoms with Gasteiger partial charge < -0.3 is 10.3 Å². The number of nitrogens with zero attached hydrogens (tertiary/aromatic N) is 1. The molecular weight excluding hydrogens is 191 g/mol. The summed E-state index contributed by atoms with van der Waals surface area (Å²) in [4.78, 5) is 0. The van der Waals surface area contributed by atoms with E-state index >= 15 is 0 Å². The monoisotopic (exact) mass is 204 g/mol. The summed E-state index contributed by atoms with van der Waals surface area (Å²) in [5, 5.41) is 0. The van der Waals surface area contributed by atoms with Crippen LogP contribution in [0, 0.1) is 5.82 Å². The number of aromatic nitrogens is 1. The molecule has 0 aliphatic heterocycles. The van der Waals surface area contributed by atoms with Crippen molar-refractivity contribution in [2.45, 2.75) is 6.54 Å². The Morgan fingerprint density at radius 2 is 1.87 bits per heavy atom. The van der Waals surface area contributed by atoms with Gasteiger partial charge in [-0.25, -0.2) is 4.39 Å². The number of hydrogen-bond acceptors (Lipinski definition) is 1. The number of rotatable bonds is 2. The molecule has 2 N–H and O–H groups in total. The quantitative estimate of drug-likeness (QED) is 0.799. The van der Waals surface area contributed by atoms with Gasteiger partial charge in [0.1, 0.15) is 5.82 Å². The zero-order valence-electron chi connectivity index (χ0n) is 8.57. The smallest absolute Gasteiger partial charge is 0.123 e. The molecule has 0 spiro atoms. The average Bonchev–Trinajstić information content (AvgIpc) is 2.61. The van der Waals surface area contributed by atoms with Crippen LogP contribution in [0.4, 0.5) is 4.39 Å². The molecule has 1 aromatic carbocycles. The second kappa shape index (κ2) is 3.87. The first-order valence-corrected chi connectivity index (χ1v) is 4.82. The molecule has 3 heteroatoms. The van der Waals surface area contributed by atoms with Crippen LogP contribution in [-0.2, 0) is 13.6 Å². The fraction of sp³-hybridized carbons (Fsp3) is 0.167. The van der Waals surface area contributed by atoms with Gasteiger partial charge >= 0.3 is 0 Å². The average molecular weight is 204 g/mol. The number of hydrogen-bond donors (Lipinski definition) is 1. The summed E-state index contributed by atoms with van der Waals surface area (Å²) in [6.45, 7) is 0.512. The Morgan fingerprint density at radius 3 is 2.40 bits per heavy atom. The molecule has 0 bridgehead atoms. The molecule has 0 radical (unpaired) electrons. The van der Waals surface area contributed by atoms with Crippen LogP contribution in [0.15, 0.2) is 36.5 Å². The Bertz CT molecular complexity index is 457. The van der Waals surface area contributed by atoms with E-state index in [4.69, 9.17) is 5.73 Å². The summed E-state index contributed by atoms with van der Waals surface area (Å²) in [5.41, 5.74) is 8.72. The highest BCUT2D eigenvalue weighted by Gasteiger charge is 2.03.